The molecule has 2 N–H and O–H groups in total. The molecule has 96 valence electrons. The number of hydrogen-bond donors (Lipinski definition) is 1. The molecule has 1 aromatic heterocycles. The van der Waals surface area contributed by atoms with Gasteiger partial charge in [-0.2, -0.15) is 5.10 Å². The molecule has 1 fully saturated rings. The predicted octanol–water partition coefficient (Wildman–Crippen LogP) is 0.936. The van der Waals surface area contributed by atoms with Crippen molar-refractivity contribution in [3.63, 3.8) is 0 Å². The van der Waals surface area contributed by atoms with E-state index in [2.05, 4.69) is 28.7 Å². The Labute approximate surface area is 103 Å². The molecule has 0 amide bonds. The Morgan fingerprint density at radius 1 is 1.12 bits per heavy atom. The van der Waals surface area contributed by atoms with Crippen molar-refractivity contribution >= 4 is 11.5 Å². The molecule has 0 aliphatic carbocycles. The van der Waals surface area contributed by atoms with Crippen LogP contribution in [0.2, 0.25) is 0 Å². The van der Waals surface area contributed by atoms with Crippen molar-refractivity contribution in [3.8, 4) is 0 Å². The highest BCUT2D eigenvalue weighted by Crippen LogP contribution is 2.27. The summed E-state index contributed by atoms with van der Waals surface area (Å²) >= 11 is 0. The van der Waals surface area contributed by atoms with Crippen LogP contribution in [0, 0.1) is 6.92 Å². The average Bonchev–Trinajstić information content (AvgIpc) is 2.65. The summed E-state index contributed by atoms with van der Waals surface area (Å²) in [5, 5.41) is 4.48. The van der Waals surface area contributed by atoms with Gasteiger partial charge in [0.25, 0.3) is 0 Å². The Morgan fingerprint density at radius 2 is 1.76 bits per heavy atom. The van der Waals surface area contributed by atoms with Crippen LogP contribution in [0.4, 0.5) is 11.5 Å². The second kappa shape index (κ2) is 4.96. The summed E-state index contributed by atoms with van der Waals surface area (Å²) in [5.41, 5.74) is 7.93. The molecular formula is C12H23N5. The van der Waals surface area contributed by atoms with E-state index >= 15 is 0 Å². The van der Waals surface area contributed by atoms with Crippen molar-refractivity contribution in [1.29, 1.82) is 0 Å². The molecule has 2 heterocycles. The normalized spacial score (nSPS) is 17.7. The quantitative estimate of drug-likeness (QED) is 0.850. The maximum Gasteiger partial charge on any atom is 0.150 e. The third-order valence-corrected chi connectivity index (χ3v) is 3.56. The molecule has 1 saturated heterocycles. The number of likely N-dealkylation sites (N-methyl/N-ethyl adjacent to an activating group) is 1. The fourth-order valence-electron chi connectivity index (χ4n) is 2.41. The first-order valence-corrected chi connectivity index (χ1v) is 6.47. The van der Waals surface area contributed by atoms with Crippen molar-refractivity contribution in [2.24, 2.45) is 0 Å². The molecule has 0 radical (unpaired) electrons. The zero-order valence-electron chi connectivity index (χ0n) is 11.1. The smallest absolute Gasteiger partial charge is 0.150 e. The average molecular weight is 237 g/mol. The molecule has 0 bridgehead atoms. The lowest BCUT2D eigenvalue weighted by Crippen LogP contribution is -2.47. The molecule has 0 atom stereocenters. The molecule has 5 nitrogen and oxygen atoms in total. The largest absolute Gasteiger partial charge is 0.394 e. The minimum absolute atomic E-state index is 0.844. The SMILES string of the molecule is CCN1CCN(c2c(N)c(C)nn2CC)CC1. The van der Waals surface area contributed by atoms with E-state index < -0.39 is 0 Å². The fraction of sp³-hybridized carbons (Fsp3) is 0.750. The number of anilines is 2. The number of aryl methyl sites for hydroxylation is 2. The molecule has 5 heteroatoms. The van der Waals surface area contributed by atoms with E-state index in [0.29, 0.717) is 0 Å². The summed E-state index contributed by atoms with van der Waals surface area (Å²) in [6.45, 7) is 12.6. The van der Waals surface area contributed by atoms with Gasteiger partial charge in [-0.3, -0.25) is 0 Å². The van der Waals surface area contributed by atoms with Crippen LogP contribution in [0.5, 0.6) is 0 Å². The Bertz CT molecular complexity index is 376. The maximum atomic E-state index is 6.14. The van der Waals surface area contributed by atoms with Crippen LogP contribution in [-0.4, -0.2) is 47.4 Å². The van der Waals surface area contributed by atoms with Crippen LogP contribution < -0.4 is 10.6 Å². The van der Waals surface area contributed by atoms with Gasteiger partial charge in [0.15, 0.2) is 5.82 Å². The second-order valence-electron chi connectivity index (χ2n) is 4.56. The van der Waals surface area contributed by atoms with E-state index in [-0.39, 0.29) is 0 Å². The number of hydrogen-bond acceptors (Lipinski definition) is 4. The van der Waals surface area contributed by atoms with Gasteiger partial charge in [0.2, 0.25) is 0 Å². The van der Waals surface area contributed by atoms with Crippen molar-refractivity contribution in [1.82, 2.24) is 14.7 Å². The van der Waals surface area contributed by atoms with Gasteiger partial charge in [-0.15, -0.1) is 0 Å². The third-order valence-electron chi connectivity index (χ3n) is 3.56. The van der Waals surface area contributed by atoms with Crippen LogP contribution in [0.25, 0.3) is 0 Å². The monoisotopic (exact) mass is 237 g/mol. The first kappa shape index (κ1) is 12.2. The molecule has 17 heavy (non-hydrogen) atoms. The molecular weight excluding hydrogens is 214 g/mol. The zero-order valence-corrected chi connectivity index (χ0v) is 11.1. The highest BCUT2D eigenvalue weighted by molar-refractivity contribution is 5.66. The van der Waals surface area contributed by atoms with E-state index in [1.807, 2.05) is 11.6 Å². The molecule has 1 aromatic rings. The second-order valence-corrected chi connectivity index (χ2v) is 4.56. The van der Waals surface area contributed by atoms with Crippen molar-refractivity contribution in [2.75, 3.05) is 43.4 Å². The lowest BCUT2D eigenvalue weighted by Gasteiger charge is -2.35. The first-order chi connectivity index (χ1) is 8.17. The molecule has 0 spiro atoms. The Hall–Kier alpha value is -1.23. The molecule has 0 unspecified atom stereocenters. The van der Waals surface area contributed by atoms with Crippen LogP contribution >= 0.6 is 0 Å². The van der Waals surface area contributed by atoms with Gasteiger partial charge in [0.05, 0.1) is 11.4 Å². The topological polar surface area (TPSA) is 50.3 Å². The number of nitrogen functional groups attached to an aromatic ring is 1. The van der Waals surface area contributed by atoms with Gasteiger partial charge in [-0.05, 0) is 20.4 Å². The first-order valence-electron chi connectivity index (χ1n) is 6.47. The van der Waals surface area contributed by atoms with Crippen LogP contribution in [0.1, 0.15) is 19.5 Å². The molecule has 1 aliphatic heterocycles. The van der Waals surface area contributed by atoms with Crippen LogP contribution in [0.15, 0.2) is 0 Å². The van der Waals surface area contributed by atoms with E-state index in [0.717, 1.165) is 56.5 Å². The Morgan fingerprint density at radius 3 is 2.29 bits per heavy atom. The highest BCUT2D eigenvalue weighted by Gasteiger charge is 2.22. The van der Waals surface area contributed by atoms with Crippen LogP contribution in [0.3, 0.4) is 0 Å². The summed E-state index contributed by atoms with van der Waals surface area (Å²) in [6.07, 6.45) is 0. The third kappa shape index (κ3) is 2.24. The Balaban J connectivity index is 2.17. The van der Waals surface area contributed by atoms with E-state index in [1.165, 1.54) is 0 Å². The zero-order chi connectivity index (χ0) is 12.4. The van der Waals surface area contributed by atoms with Crippen molar-refractivity contribution < 1.29 is 0 Å². The van der Waals surface area contributed by atoms with Gasteiger partial charge in [-0.1, -0.05) is 6.92 Å². The lowest BCUT2D eigenvalue weighted by atomic mass is 10.3. The fourth-order valence-corrected chi connectivity index (χ4v) is 2.41. The summed E-state index contributed by atoms with van der Waals surface area (Å²) in [5.74, 6) is 1.11. The summed E-state index contributed by atoms with van der Waals surface area (Å²) in [6, 6.07) is 0. The van der Waals surface area contributed by atoms with E-state index in [1.54, 1.807) is 0 Å². The Kier molecular flexibility index (Phi) is 3.57. The van der Waals surface area contributed by atoms with E-state index in [9.17, 15) is 0 Å². The highest BCUT2D eigenvalue weighted by atomic mass is 15.4. The van der Waals surface area contributed by atoms with Gasteiger partial charge in [0, 0.05) is 32.7 Å². The number of piperazine rings is 1. The van der Waals surface area contributed by atoms with Gasteiger partial charge in [0.1, 0.15) is 0 Å². The number of rotatable bonds is 3. The lowest BCUT2D eigenvalue weighted by molar-refractivity contribution is 0.269. The number of nitrogens with two attached hydrogens (primary N) is 1. The number of nitrogens with zero attached hydrogens (tertiary/aromatic N) is 4. The van der Waals surface area contributed by atoms with Gasteiger partial charge in [-0.25, -0.2) is 4.68 Å². The van der Waals surface area contributed by atoms with E-state index in [4.69, 9.17) is 5.73 Å². The van der Waals surface area contributed by atoms with Gasteiger partial charge >= 0.3 is 0 Å². The molecule has 0 aromatic carbocycles. The minimum atomic E-state index is 0.844. The predicted molar refractivity (Wildman–Crippen MR) is 71.4 cm³/mol. The van der Waals surface area contributed by atoms with Gasteiger partial charge < -0.3 is 15.5 Å². The maximum absolute atomic E-state index is 6.14. The van der Waals surface area contributed by atoms with Crippen molar-refractivity contribution in [3.05, 3.63) is 5.69 Å². The summed E-state index contributed by atoms with van der Waals surface area (Å²) < 4.78 is 2.02. The standard InChI is InChI=1S/C12H23N5/c1-4-15-6-8-16(9-7-15)12-11(13)10(3)14-17(12)5-2/h4-9,13H2,1-3H3. The van der Waals surface area contributed by atoms with Crippen molar-refractivity contribution in [2.45, 2.75) is 27.3 Å². The minimum Gasteiger partial charge on any atom is -0.394 e. The summed E-state index contributed by atoms with van der Waals surface area (Å²) in [7, 11) is 0. The summed E-state index contributed by atoms with van der Waals surface area (Å²) in [4.78, 5) is 4.83. The van der Waals surface area contributed by atoms with Crippen LogP contribution in [-0.2, 0) is 6.54 Å². The number of aromatic nitrogens is 2. The molecule has 0 saturated carbocycles. The molecule has 1 aliphatic rings. The molecule has 2 rings (SSSR count).